The SMILES string of the molecule is C[C@@H](CN1CCN(S(=O)(=O)c2ccc3[nH]c(=O)cnc3c2)CC1)Nc1ncnc2c(-c3cccnc3)cccc12. The van der Waals surface area contributed by atoms with Crippen LogP contribution in [-0.2, 0) is 10.0 Å². The molecule has 11 nitrogen and oxygen atoms in total. The van der Waals surface area contributed by atoms with Crippen molar-refractivity contribution in [2.45, 2.75) is 17.9 Å². The summed E-state index contributed by atoms with van der Waals surface area (Å²) in [7, 11) is -3.68. The maximum atomic E-state index is 13.3. The quantitative estimate of drug-likeness (QED) is 0.310. The molecule has 204 valence electrons. The molecule has 40 heavy (non-hydrogen) atoms. The zero-order chi connectivity index (χ0) is 27.7. The van der Waals surface area contributed by atoms with E-state index in [0.717, 1.165) is 40.6 Å². The third-order valence-electron chi connectivity index (χ3n) is 7.07. The average molecular weight is 557 g/mol. The molecule has 0 spiro atoms. The molecule has 0 radical (unpaired) electrons. The minimum atomic E-state index is -3.68. The molecule has 2 N–H and O–H groups in total. The first kappa shape index (κ1) is 26.0. The molecule has 0 aliphatic carbocycles. The number of piperazine rings is 1. The second-order valence-corrected chi connectivity index (χ2v) is 11.8. The van der Waals surface area contributed by atoms with E-state index in [2.05, 4.69) is 42.1 Å². The van der Waals surface area contributed by atoms with E-state index in [0.29, 0.717) is 37.2 Å². The van der Waals surface area contributed by atoms with E-state index >= 15 is 0 Å². The van der Waals surface area contributed by atoms with Gasteiger partial charge in [0.25, 0.3) is 5.56 Å². The van der Waals surface area contributed by atoms with Gasteiger partial charge < -0.3 is 10.3 Å². The van der Waals surface area contributed by atoms with Gasteiger partial charge in [-0.3, -0.25) is 14.7 Å². The van der Waals surface area contributed by atoms with Crippen LogP contribution in [-0.4, -0.2) is 81.3 Å². The Morgan fingerprint density at radius 1 is 1.00 bits per heavy atom. The summed E-state index contributed by atoms with van der Waals surface area (Å²) < 4.78 is 28.1. The first-order chi connectivity index (χ1) is 19.4. The number of pyridine rings is 1. The lowest BCUT2D eigenvalue weighted by atomic mass is 10.0. The predicted octanol–water partition coefficient (Wildman–Crippen LogP) is 2.74. The number of nitrogens with one attached hydrogen (secondary N) is 2. The van der Waals surface area contributed by atoms with Gasteiger partial charge in [0.1, 0.15) is 12.1 Å². The maximum Gasteiger partial charge on any atom is 0.266 e. The van der Waals surface area contributed by atoms with Gasteiger partial charge in [0.05, 0.1) is 27.6 Å². The number of para-hydroxylation sites is 1. The Morgan fingerprint density at radius 2 is 1.85 bits per heavy atom. The number of H-pyrrole nitrogens is 1. The summed E-state index contributed by atoms with van der Waals surface area (Å²) in [5.74, 6) is 0.760. The average Bonchev–Trinajstić information content (AvgIpc) is 2.97. The molecule has 1 atom stereocenters. The van der Waals surface area contributed by atoms with Crippen LogP contribution in [0.1, 0.15) is 6.92 Å². The third-order valence-corrected chi connectivity index (χ3v) is 8.96. The minimum Gasteiger partial charge on any atom is -0.366 e. The molecule has 4 heterocycles. The lowest BCUT2D eigenvalue weighted by Crippen LogP contribution is -2.50. The number of hydrogen-bond acceptors (Lipinski definition) is 9. The van der Waals surface area contributed by atoms with Crippen LogP contribution in [0.25, 0.3) is 33.1 Å². The Hall–Kier alpha value is -4.26. The van der Waals surface area contributed by atoms with Crippen LogP contribution >= 0.6 is 0 Å². The molecule has 1 aliphatic rings. The Morgan fingerprint density at radius 3 is 2.65 bits per heavy atom. The van der Waals surface area contributed by atoms with Crippen molar-refractivity contribution in [3.05, 3.63) is 83.8 Å². The molecule has 1 fully saturated rings. The maximum absolute atomic E-state index is 13.3. The molecule has 12 heteroatoms. The summed E-state index contributed by atoms with van der Waals surface area (Å²) in [6, 6.07) is 14.6. The van der Waals surface area contributed by atoms with Gasteiger partial charge in [-0.2, -0.15) is 4.31 Å². The smallest absolute Gasteiger partial charge is 0.266 e. The zero-order valence-electron chi connectivity index (χ0n) is 21.9. The van der Waals surface area contributed by atoms with Gasteiger partial charge in [-0.25, -0.2) is 23.4 Å². The standard InChI is InChI=1S/C28H28N8O3S/c1-19(33-28-23-6-2-5-22(27(23)31-18-32-28)20-4-3-9-29-15-20)17-35-10-12-36(13-11-35)40(38,39)21-7-8-24-25(14-21)30-16-26(37)34-24/h2-9,14-16,18-19H,10-13,17H2,1H3,(H,34,37)(H,31,32,33)/t19-/m0/s1. The van der Waals surface area contributed by atoms with E-state index in [1.165, 1.54) is 16.4 Å². The highest BCUT2D eigenvalue weighted by atomic mass is 32.2. The molecule has 1 saturated heterocycles. The van der Waals surface area contributed by atoms with Gasteiger partial charge in [-0.05, 0) is 37.3 Å². The largest absolute Gasteiger partial charge is 0.366 e. The molecule has 6 rings (SSSR count). The summed E-state index contributed by atoms with van der Waals surface area (Å²) in [5.41, 5.74) is 3.45. The van der Waals surface area contributed by atoms with Crippen molar-refractivity contribution in [3.8, 4) is 11.1 Å². The van der Waals surface area contributed by atoms with Gasteiger partial charge in [0.15, 0.2) is 0 Å². The van der Waals surface area contributed by atoms with Crippen LogP contribution in [0.5, 0.6) is 0 Å². The normalized spacial score (nSPS) is 15.8. The minimum absolute atomic E-state index is 0.0667. The fourth-order valence-electron chi connectivity index (χ4n) is 5.10. The molecule has 0 bridgehead atoms. The van der Waals surface area contributed by atoms with Crippen molar-refractivity contribution in [1.82, 2.24) is 34.1 Å². The van der Waals surface area contributed by atoms with E-state index in [1.54, 1.807) is 18.6 Å². The van der Waals surface area contributed by atoms with Crippen molar-refractivity contribution in [2.75, 3.05) is 38.0 Å². The van der Waals surface area contributed by atoms with E-state index in [4.69, 9.17) is 0 Å². The summed E-state index contributed by atoms with van der Waals surface area (Å²) >= 11 is 0. The van der Waals surface area contributed by atoms with Crippen molar-refractivity contribution >= 4 is 37.8 Å². The molecule has 0 saturated carbocycles. The molecule has 3 aromatic heterocycles. The van der Waals surface area contributed by atoms with Gasteiger partial charge in [0, 0.05) is 67.7 Å². The molecule has 0 amide bonds. The summed E-state index contributed by atoms with van der Waals surface area (Å²) in [4.78, 5) is 33.9. The summed E-state index contributed by atoms with van der Waals surface area (Å²) in [6.07, 6.45) is 6.29. The number of anilines is 1. The molecule has 5 aromatic rings. The van der Waals surface area contributed by atoms with Gasteiger partial charge >= 0.3 is 0 Å². The lowest BCUT2D eigenvalue weighted by Gasteiger charge is -2.35. The number of sulfonamides is 1. The fraction of sp³-hybridized carbons (Fsp3) is 0.250. The van der Waals surface area contributed by atoms with E-state index in [1.807, 2.05) is 36.5 Å². The van der Waals surface area contributed by atoms with Gasteiger partial charge in [-0.15, -0.1) is 0 Å². The van der Waals surface area contributed by atoms with Gasteiger partial charge in [-0.1, -0.05) is 18.2 Å². The molecular formula is C28H28N8O3S. The Balaban J connectivity index is 1.11. The number of rotatable bonds is 7. The van der Waals surface area contributed by atoms with Gasteiger partial charge in [0.2, 0.25) is 10.0 Å². The monoisotopic (exact) mass is 556 g/mol. The Labute approximate surface area is 231 Å². The van der Waals surface area contributed by atoms with Crippen LogP contribution < -0.4 is 10.9 Å². The van der Waals surface area contributed by atoms with Crippen LogP contribution in [0.3, 0.4) is 0 Å². The number of aromatic amines is 1. The summed E-state index contributed by atoms with van der Waals surface area (Å²) in [6.45, 7) is 4.82. The molecular weight excluding hydrogens is 528 g/mol. The van der Waals surface area contributed by atoms with Crippen molar-refractivity contribution in [3.63, 3.8) is 0 Å². The second kappa shape index (κ2) is 10.7. The van der Waals surface area contributed by atoms with Crippen molar-refractivity contribution in [1.29, 1.82) is 0 Å². The lowest BCUT2D eigenvalue weighted by molar-refractivity contribution is 0.184. The first-order valence-electron chi connectivity index (χ1n) is 13.0. The van der Waals surface area contributed by atoms with Crippen LogP contribution in [0, 0.1) is 0 Å². The molecule has 2 aromatic carbocycles. The second-order valence-electron chi connectivity index (χ2n) is 9.84. The molecule has 1 aliphatic heterocycles. The summed E-state index contributed by atoms with van der Waals surface area (Å²) in [5, 5.41) is 4.46. The fourth-order valence-corrected chi connectivity index (χ4v) is 6.55. The predicted molar refractivity (Wildman–Crippen MR) is 153 cm³/mol. The zero-order valence-corrected chi connectivity index (χ0v) is 22.7. The highest BCUT2D eigenvalue weighted by molar-refractivity contribution is 7.89. The third kappa shape index (κ3) is 5.16. The van der Waals surface area contributed by atoms with Crippen LogP contribution in [0.15, 0.2) is 83.1 Å². The molecule has 0 unspecified atom stereocenters. The number of fused-ring (bicyclic) bond motifs is 2. The van der Waals surface area contributed by atoms with Crippen LogP contribution in [0.4, 0.5) is 5.82 Å². The highest BCUT2D eigenvalue weighted by Gasteiger charge is 2.29. The number of aromatic nitrogens is 5. The van der Waals surface area contributed by atoms with E-state index < -0.39 is 10.0 Å². The Kier molecular flexibility index (Phi) is 6.96. The van der Waals surface area contributed by atoms with E-state index in [-0.39, 0.29) is 16.5 Å². The first-order valence-corrected chi connectivity index (χ1v) is 14.4. The van der Waals surface area contributed by atoms with Crippen molar-refractivity contribution < 1.29 is 8.42 Å². The topological polar surface area (TPSA) is 137 Å². The number of nitrogens with zero attached hydrogens (tertiary/aromatic N) is 6. The Bertz CT molecular complexity index is 1840. The number of hydrogen-bond donors (Lipinski definition) is 2. The highest BCUT2D eigenvalue weighted by Crippen LogP contribution is 2.29. The number of benzene rings is 2. The van der Waals surface area contributed by atoms with Crippen LogP contribution in [0.2, 0.25) is 0 Å². The van der Waals surface area contributed by atoms with Crippen molar-refractivity contribution in [2.24, 2.45) is 0 Å². The van der Waals surface area contributed by atoms with E-state index in [9.17, 15) is 13.2 Å².